The Bertz CT molecular complexity index is 500. The summed E-state index contributed by atoms with van der Waals surface area (Å²) in [6, 6.07) is 7.38. The highest BCUT2D eigenvalue weighted by Gasteiger charge is 2.20. The van der Waals surface area contributed by atoms with Crippen molar-refractivity contribution in [2.24, 2.45) is 11.8 Å². The molecule has 0 N–H and O–H groups in total. The molecule has 1 atom stereocenters. The Labute approximate surface area is 124 Å². The highest BCUT2D eigenvalue weighted by atomic mass is 35.7. The van der Waals surface area contributed by atoms with Crippen LogP contribution in [-0.4, -0.2) is 20.8 Å². The third kappa shape index (κ3) is 7.16. The smallest absolute Gasteiger partial charge is 0.232 e. The van der Waals surface area contributed by atoms with Crippen molar-refractivity contribution < 1.29 is 13.2 Å². The summed E-state index contributed by atoms with van der Waals surface area (Å²) in [5, 5.41) is 0.657. The lowest BCUT2D eigenvalue weighted by molar-refractivity contribution is 0.0792. The fraction of sp³-hybridized carbons (Fsp3) is 0.538. The van der Waals surface area contributed by atoms with E-state index in [0.29, 0.717) is 18.2 Å². The van der Waals surface area contributed by atoms with Crippen LogP contribution in [0.25, 0.3) is 0 Å². The fourth-order valence-electron chi connectivity index (χ4n) is 1.64. The van der Waals surface area contributed by atoms with E-state index in [4.69, 9.17) is 27.0 Å². The maximum absolute atomic E-state index is 11.1. The largest absolute Gasteiger partial charge is 0.376 e. The molecule has 3 nitrogen and oxygen atoms in total. The molecule has 1 aromatic carbocycles. The van der Waals surface area contributed by atoms with E-state index in [1.54, 1.807) is 6.07 Å². The van der Waals surface area contributed by atoms with E-state index >= 15 is 0 Å². The summed E-state index contributed by atoms with van der Waals surface area (Å²) in [4.78, 5) is 0. The summed E-state index contributed by atoms with van der Waals surface area (Å²) < 4.78 is 27.8. The molecule has 0 heterocycles. The van der Waals surface area contributed by atoms with Crippen LogP contribution < -0.4 is 0 Å². The second-order valence-electron chi connectivity index (χ2n) is 4.85. The van der Waals surface area contributed by atoms with Gasteiger partial charge in [-0.05, 0) is 29.5 Å². The van der Waals surface area contributed by atoms with Crippen molar-refractivity contribution in [1.29, 1.82) is 0 Å². The van der Waals surface area contributed by atoms with Gasteiger partial charge in [-0.25, -0.2) is 8.42 Å². The second kappa shape index (κ2) is 7.48. The van der Waals surface area contributed by atoms with Gasteiger partial charge in [-0.3, -0.25) is 0 Å². The van der Waals surface area contributed by atoms with Crippen LogP contribution >= 0.6 is 22.3 Å². The normalized spacial score (nSPS) is 13.7. The molecular weight excluding hydrogens is 307 g/mol. The third-order valence-corrected chi connectivity index (χ3v) is 4.29. The van der Waals surface area contributed by atoms with Crippen LogP contribution in [0.4, 0.5) is 0 Å². The minimum atomic E-state index is -3.50. The van der Waals surface area contributed by atoms with Crippen LogP contribution in [0.5, 0.6) is 0 Å². The lowest BCUT2D eigenvalue weighted by Gasteiger charge is -2.19. The van der Waals surface area contributed by atoms with E-state index in [0.717, 1.165) is 5.56 Å². The molecule has 1 rings (SSSR count). The number of hydrogen-bond donors (Lipinski definition) is 0. The predicted molar refractivity (Wildman–Crippen MR) is 79.1 cm³/mol. The molecular formula is C13H18Cl2O3S. The molecule has 19 heavy (non-hydrogen) atoms. The van der Waals surface area contributed by atoms with E-state index in [1.165, 1.54) is 0 Å². The first-order valence-corrected chi connectivity index (χ1v) is 8.88. The maximum atomic E-state index is 11.1. The summed E-state index contributed by atoms with van der Waals surface area (Å²) in [5.41, 5.74) is 0.962. The van der Waals surface area contributed by atoms with Crippen LogP contribution in [0.15, 0.2) is 24.3 Å². The Morgan fingerprint density at radius 3 is 2.53 bits per heavy atom. The lowest BCUT2D eigenvalue weighted by Crippen LogP contribution is -2.23. The molecule has 1 unspecified atom stereocenters. The summed E-state index contributed by atoms with van der Waals surface area (Å²) in [5.74, 6) is 0.0106. The minimum Gasteiger partial charge on any atom is -0.376 e. The van der Waals surface area contributed by atoms with Gasteiger partial charge < -0.3 is 4.74 Å². The highest BCUT2D eigenvalue weighted by molar-refractivity contribution is 8.13. The SMILES string of the molecule is CC(C)C(COCc1cccc(Cl)c1)CS(=O)(=O)Cl. The molecule has 1 aromatic rings. The molecule has 0 radical (unpaired) electrons. The van der Waals surface area contributed by atoms with E-state index in [1.807, 2.05) is 32.0 Å². The number of hydrogen-bond acceptors (Lipinski definition) is 3. The van der Waals surface area contributed by atoms with Crippen molar-refractivity contribution in [3.63, 3.8) is 0 Å². The maximum Gasteiger partial charge on any atom is 0.232 e. The molecule has 0 amide bonds. The third-order valence-electron chi connectivity index (χ3n) is 2.85. The summed E-state index contributed by atoms with van der Waals surface area (Å²) in [6.07, 6.45) is 0. The Balaban J connectivity index is 2.49. The molecule has 0 saturated carbocycles. The van der Waals surface area contributed by atoms with E-state index < -0.39 is 9.05 Å². The van der Waals surface area contributed by atoms with Gasteiger partial charge >= 0.3 is 0 Å². The summed E-state index contributed by atoms with van der Waals surface area (Å²) in [7, 11) is 1.79. The van der Waals surface area contributed by atoms with Crippen molar-refractivity contribution in [1.82, 2.24) is 0 Å². The van der Waals surface area contributed by atoms with Crippen molar-refractivity contribution in [2.75, 3.05) is 12.4 Å². The van der Waals surface area contributed by atoms with Crippen LogP contribution in [-0.2, 0) is 20.4 Å². The first-order valence-electron chi connectivity index (χ1n) is 6.02. The molecule has 108 valence electrons. The molecule has 0 bridgehead atoms. The van der Waals surface area contributed by atoms with E-state index in [2.05, 4.69) is 0 Å². The second-order valence-corrected chi connectivity index (χ2v) is 8.11. The number of benzene rings is 1. The van der Waals surface area contributed by atoms with Gasteiger partial charge in [0.25, 0.3) is 0 Å². The molecule has 0 saturated heterocycles. The highest BCUT2D eigenvalue weighted by Crippen LogP contribution is 2.17. The zero-order valence-corrected chi connectivity index (χ0v) is 13.3. The predicted octanol–water partition coefficient (Wildman–Crippen LogP) is 3.70. The van der Waals surface area contributed by atoms with Gasteiger partial charge in [0.05, 0.1) is 19.0 Å². The van der Waals surface area contributed by atoms with Gasteiger partial charge in [-0.1, -0.05) is 37.6 Å². The average molecular weight is 325 g/mol. The molecule has 0 fully saturated rings. The lowest BCUT2D eigenvalue weighted by atomic mass is 9.99. The molecule has 0 spiro atoms. The van der Waals surface area contributed by atoms with Crippen molar-refractivity contribution in [3.05, 3.63) is 34.9 Å². The molecule has 0 aliphatic carbocycles. The van der Waals surface area contributed by atoms with Crippen LogP contribution in [0.2, 0.25) is 5.02 Å². The van der Waals surface area contributed by atoms with Gasteiger partial charge in [0.2, 0.25) is 9.05 Å². The first kappa shape index (κ1) is 16.8. The zero-order valence-electron chi connectivity index (χ0n) is 11.0. The van der Waals surface area contributed by atoms with Gasteiger partial charge in [-0.15, -0.1) is 0 Å². The molecule has 0 aliphatic heterocycles. The molecule has 0 aliphatic rings. The average Bonchev–Trinajstić information content (AvgIpc) is 2.26. The first-order chi connectivity index (χ1) is 8.78. The topological polar surface area (TPSA) is 43.4 Å². The molecule has 0 aromatic heterocycles. The monoisotopic (exact) mass is 324 g/mol. The van der Waals surface area contributed by atoms with Crippen molar-refractivity contribution in [2.45, 2.75) is 20.5 Å². The number of ether oxygens (including phenoxy) is 1. The van der Waals surface area contributed by atoms with Crippen LogP contribution in [0.3, 0.4) is 0 Å². The number of halogens is 2. The van der Waals surface area contributed by atoms with Gasteiger partial charge in [0.1, 0.15) is 0 Å². The molecule has 6 heteroatoms. The summed E-state index contributed by atoms with van der Waals surface area (Å²) >= 11 is 5.87. The Morgan fingerprint density at radius 2 is 2.00 bits per heavy atom. The van der Waals surface area contributed by atoms with Crippen LogP contribution in [0, 0.1) is 11.8 Å². The van der Waals surface area contributed by atoms with Crippen molar-refractivity contribution >= 4 is 31.3 Å². The summed E-state index contributed by atoms with van der Waals surface area (Å²) in [6.45, 7) is 4.67. The Morgan fingerprint density at radius 1 is 1.32 bits per heavy atom. The van der Waals surface area contributed by atoms with Gasteiger partial charge in [0.15, 0.2) is 0 Å². The Hall–Kier alpha value is -0.290. The van der Waals surface area contributed by atoms with Crippen LogP contribution in [0.1, 0.15) is 19.4 Å². The standard InChI is InChI=1S/C13H18Cl2O3S/c1-10(2)12(9-19(15,16)17)8-18-7-11-4-3-5-13(14)6-11/h3-6,10,12H,7-9H2,1-2H3. The van der Waals surface area contributed by atoms with E-state index in [9.17, 15) is 8.42 Å². The Kier molecular flexibility index (Phi) is 6.60. The number of rotatable bonds is 7. The van der Waals surface area contributed by atoms with Crippen molar-refractivity contribution in [3.8, 4) is 0 Å². The minimum absolute atomic E-state index is 0.0677. The van der Waals surface area contributed by atoms with E-state index in [-0.39, 0.29) is 17.6 Å². The van der Waals surface area contributed by atoms with Gasteiger partial charge in [0, 0.05) is 15.7 Å². The van der Waals surface area contributed by atoms with Gasteiger partial charge in [-0.2, -0.15) is 0 Å². The fourth-order valence-corrected chi connectivity index (χ4v) is 3.33. The zero-order chi connectivity index (χ0) is 14.5. The quantitative estimate of drug-likeness (QED) is 0.718.